The van der Waals surface area contributed by atoms with Crippen LogP contribution in [0, 0.1) is 0 Å². The molecule has 5 heteroatoms. The number of Topliss-reactive ketones (excluding diaryl/α,β-unsaturated/α-hetero) is 1. The Balaban J connectivity index is 2.29. The fourth-order valence-corrected chi connectivity index (χ4v) is 2.69. The molecule has 0 saturated carbocycles. The predicted octanol–water partition coefficient (Wildman–Crippen LogP) is 2.00. The van der Waals surface area contributed by atoms with Gasteiger partial charge in [0, 0.05) is 28.7 Å². The Kier molecular flexibility index (Phi) is 3.06. The summed E-state index contributed by atoms with van der Waals surface area (Å²) in [6.07, 6.45) is -0.214. The summed E-state index contributed by atoms with van der Waals surface area (Å²) in [6.45, 7) is 1.31. The summed E-state index contributed by atoms with van der Waals surface area (Å²) in [5.74, 6) is -2.08. The lowest BCUT2D eigenvalue weighted by molar-refractivity contribution is -0.116. The van der Waals surface area contributed by atoms with Crippen LogP contribution in [0.25, 0.3) is 0 Å². The van der Waals surface area contributed by atoms with Gasteiger partial charge in [0.1, 0.15) is 17.3 Å². The van der Waals surface area contributed by atoms with Crippen molar-refractivity contribution >= 4 is 17.3 Å². The highest BCUT2D eigenvalue weighted by Gasteiger charge is 2.34. The summed E-state index contributed by atoms with van der Waals surface area (Å²) in [7, 11) is 0. The average molecular weight is 296 g/mol. The van der Waals surface area contributed by atoms with Crippen LogP contribution in [0.5, 0.6) is 11.5 Å². The molecular weight excluding hydrogens is 284 g/mol. The Hall–Kier alpha value is -2.95. The van der Waals surface area contributed by atoms with Crippen molar-refractivity contribution in [3.8, 4) is 11.5 Å². The van der Waals surface area contributed by atoms with Crippen molar-refractivity contribution in [3.05, 3.63) is 58.1 Å². The van der Waals surface area contributed by atoms with Crippen LogP contribution >= 0.6 is 0 Å². The van der Waals surface area contributed by atoms with E-state index in [1.807, 2.05) is 0 Å². The molecule has 110 valence electrons. The van der Waals surface area contributed by atoms with Crippen LogP contribution in [0.15, 0.2) is 30.3 Å². The molecule has 0 amide bonds. The molecule has 0 spiro atoms. The van der Waals surface area contributed by atoms with Crippen LogP contribution in [0.4, 0.5) is 0 Å². The molecule has 1 aliphatic carbocycles. The van der Waals surface area contributed by atoms with Crippen molar-refractivity contribution in [2.45, 2.75) is 13.3 Å². The lowest BCUT2D eigenvalue weighted by atomic mass is 9.82. The first-order valence-electron chi connectivity index (χ1n) is 6.67. The number of ketones is 3. The maximum absolute atomic E-state index is 12.5. The number of benzene rings is 2. The molecule has 2 N–H and O–H groups in total. The van der Waals surface area contributed by atoms with Gasteiger partial charge in [-0.1, -0.05) is 24.3 Å². The van der Waals surface area contributed by atoms with E-state index in [-0.39, 0.29) is 45.8 Å². The molecular formula is C17H12O5. The molecule has 2 aromatic carbocycles. The van der Waals surface area contributed by atoms with E-state index >= 15 is 0 Å². The highest BCUT2D eigenvalue weighted by Crippen LogP contribution is 2.39. The summed E-state index contributed by atoms with van der Waals surface area (Å²) in [5.41, 5.74) is 0.198. The van der Waals surface area contributed by atoms with E-state index in [0.29, 0.717) is 0 Å². The fraction of sp³-hybridized carbons (Fsp3) is 0.118. The van der Waals surface area contributed by atoms with Crippen LogP contribution in [-0.2, 0) is 11.2 Å². The van der Waals surface area contributed by atoms with Crippen LogP contribution in [-0.4, -0.2) is 27.6 Å². The SMILES string of the molecule is CC(=O)Cc1c(O)cc2c(c1O)C(=O)c1ccccc1C2=O. The molecule has 0 heterocycles. The minimum absolute atomic E-state index is 0.0354. The van der Waals surface area contributed by atoms with Crippen molar-refractivity contribution < 1.29 is 24.6 Å². The van der Waals surface area contributed by atoms with Gasteiger partial charge in [-0.25, -0.2) is 0 Å². The fourth-order valence-electron chi connectivity index (χ4n) is 2.69. The molecule has 5 nitrogen and oxygen atoms in total. The molecule has 0 atom stereocenters. The van der Waals surface area contributed by atoms with Gasteiger partial charge in [0.15, 0.2) is 11.6 Å². The van der Waals surface area contributed by atoms with Gasteiger partial charge in [-0.3, -0.25) is 14.4 Å². The number of hydrogen-bond donors (Lipinski definition) is 2. The Labute approximate surface area is 125 Å². The Morgan fingerprint density at radius 3 is 2.18 bits per heavy atom. The Morgan fingerprint density at radius 2 is 1.59 bits per heavy atom. The first-order valence-corrected chi connectivity index (χ1v) is 6.67. The third-order valence-electron chi connectivity index (χ3n) is 3.70. The van der Waals surface area contributed by atoms with Crippen molar-refractivity contribution in [3.63, 3.8) is 0 Å². The highest BCUT2D eigenvalue weighted by molar-refractivity contribution is 6.29. The highest BCUT2D eigenvalue weighted by atomic mass is 16.3. The van der Waals surface area contributed by atoms with E-state index in [4.69, 9.17) is 0 Å². The lowest BCUT2D eigenvalue weighted by Gasteiger charge is -2.20. The monoisotopic (exact) mass is 296 g/mol. The van der Waals surface area contributed by atoms with Crippen LogP contribution < -0.4 is 0 Å². The summed E-state index contributed by atoms with van der Waals surface area (Å²) in [5, 5.41) is 20.3. The molecule has 0 bridgehead atoms. The number of fused-ring (bicyclic) bond motifs is 2. The minimum Gasteiger partial charge on any atom is -0.507 e. The number of carbonyl (C=O) groups is 3. The van der Waals surface area contributed by atoms with Crippen LogP contribution in [0.3, 0.4) is 0 Å². The Bertz CT molecular complexity index is 848. The third kappa shape index (κ3) is 1.90. The summed E-state index contributed by atoms with van der Waals surface area (Å²) in [6, 6.07) is 7.44. The van der Waals surface area contributed by atoms with Gasteiger partial charge < -0.3 is 10.2 Å². The van der Waals surface area contributed by atoms with Crippen LogP contribution in [0.2, 0.25) is 0 Å². The van der Waals surface area contributed by atoms with Crippen molar-refractivity contribution in [2.24, 2.45) is 0 Å². The largest absolute Gasteiger partial charge is 0.507 e. The maximum atomic E-state index is 12.5. The number of rotatable bonds is 2. The zero-order valence-electron chi connectivity index (χ0n) is 11.7. The minimum atomic E-state index is -0.502. The van der Waals surface area contributed by atoms with Gasteiger partial charge in [-0.05, 0) is 13.0 Å². The van der Waals surface area contributed by atoms with Gasteiger partial charge >= 0.3 is 0 Å². The second kappa shape index (κ2) is 4.80. The Morgan fingerprint density at radius 1 is 1.00 bits per heavy atom. The third-order valence-corrected chi connectivity index (χ3v) is 3.70. The smallest absolute Gasteiger partial charge is 0.198 e. The molecule has 2 aromatic rings. The first kappa shape index (κ1) is 14.0. The molecule has 3 rings (SSSR count). The van der Waals surface area contributed by atoms with Gasteiger partial charge in [0.05, 0.1) is 5.56 Å². The molecule has 0 aliphatic heterocycles. The van der Waals surface area contributed by atoms with E-state index in [0.717, 1.165) is 6.07 Å². The van der Waals surface area contributed by atoms with E-state index in [1.54, 1.807) is 12.1 Å². The van der Waals surface area contributed by atoms with Gasteiger partial charge in [-0.2, -0.15) is 0 Å². The number of aromatic hydroxyl groups is 2. The van der Waals surface area contributed by atoms with Crippen LogP contribution in [0.1, 0.15) is 44.3 Å². The number of hydrogen-bond acceptors (Lipinski definition) is 5. The number of carbonyl (C=O) groups excluding carboxylic acids is 3. The number of phenols is 2. The molecule has 1 aliphatic rings. The topological polar surface area (TPSA) is 91.7 Å². The summed E-state index contributed by atoms with van der Waals surface area (Å²) < 4.78 is 0. The van der Waals surface area contributed by atoms with E-state index in [1.165, 1.54) is 19.1 Å². The predicted molar refractivity (Wildman–Crippen MR) is 77.5 cm³/mol. The van der Waals surface area contributed by atoms with E-state index in [9.17, 15) is 24.6 Å². The number of phenolic OH excluding ortho intramolecular Hbond substituents is 2. The van der Waals surface area contributed by atoms with Crippen molar-refractivity contribution in [1.82, 2.24) is 0 Å². The standard InChI is InChI=1S/C17H12O5/c1-8(18)6-11-13(19)7-12-14(17(11)22)16(21)10-5-3-2-4-9(10)15(12)20/h2-5,7,19,22H,6H2,1H3. The summed E-state index contributed by atoms with van der Waals surface area (Å²) >= 11 is 0. The first-order chi connectivity index (χ1) is 10.4. The molecule has 0 fully saturated rings. The van der Waals surface area contributed by atoms with Crippen molar-refractivity contribution in [2.75, 3.05) is 0 Å². The molecule has 0 aromatic heterocycles. The summed E-state index contributed by atoms with van der Waals surface area (Å²) in [4.78, 5) is 36.3. The average Bonchev–Trinajstić information content (AvgIpc) is 2.48. The van der Waals surface area contributed by atoms with E-state index in [2.05, 4.69) is 0 Å². The molecule has 0 radical (unpaired) electrons. The van der Waals surface area contributed by atoms with Gasteiger partial charge in [-0.15, -0.1) is 0 Å². The molecule has 0 unspecified atom stereocenters. The zero-order valence-corrected chi connectivity index (χ0v) is 11.7. The second-order valence-electron chi connectivity index (χ2n) is 5.23. The molecule has 22 heavy (non-hydrogen) atoms. The maximum Gasteiger partial charge on any atom is 0.198 e. The lowest BCUT2D eigenvalue weighted by Crippen LogP contribution is -2.21. The van der Waals surface area contributed by atoms with Gasteiger partial charge in [0.25, 0.3) is 0 Å². The quantitative estimate of drug-likeness (QED) is 0.754. The van der Waals surface area contributed by atoms with E-state index < -0.39 is 17.3 Å². The second-order valence-corrected chi connectivity index (χ2v) is 5.23. The molecule has 0 saturated heterocycles. The normalized spacial score (nSPS) is 12.8. The zero-order chi connectivity index (χ0) is 16.0. The van der Waals surface area contributed by atoms with Gasteiger partial charge in [0.2, 0.25) is 0 Å². The van der Waals surface area contributed by atoms with Crippen molar-refractivity contribution in [1.29, 1.82) is 0 Å².